The number of ether oxygens (including phenoxy) is 1. The number of aromatic nitrogens is 1. The molecule has 0 unspecified atom stereocenters. The number of nitrogens with one attached hydrogen (secondary N) is 1. The minimum Gasteiger partial charge on any atom is -0.452 e. The molecule has 0 bridgehead atoms. The van der Waals surface area contributed by atoms with Crippen LogP contribution in [0.15, 0.2) is 42.5 Å². The number of esters is 1. The predicted octanol–water partition coefficient (Wildman–Crippen LogP) is 3.60. The number of nitro groups is 1. The minimum atomic E-state index is -0.599. The first-order valence-electron chi connectivity index (χ1n) is 7.20. The summed E-state index contributed by atoms with van der Waals surface area (Å²) in [4.78, 5) is 38.3. The van der Waals surface area contributed by atoms with Gasteiger partial charge in [0.1, 0.15) is 0 Å². The van der Waals surface area contributed by atoms with E-state index < -0.39 is 23.4 Å². The Morgan fingerprint density at radius 1 is 1.27 bits per heavy atom. The summed E-state index contributed by atoms with van der Waals surface area (Å²) in [6.07, 6.45) is 0. The molecule has 0 fully saturated rings. The van der Waals surface area contributed by atoms with Crippen LogP contribution >= 0.6 is 33.9 Å². The summed E-state index contributed by atoms with van der Waals surface area (Å²) < 4.78 is 6.43. The van der Waals surface area contributed by atoms with E-state index in [0.29, 0.717) is 15.8 Å². The fourth-order valence-corrected chi connectivity index (χ4v) is 3.52. The molecule has 0 saturated heterocycles. The number of halogens is 1. The molecule has 0 atom stereocenters. The molecule has 10 heteroatoms. The maximum Gasteiger partial charge on any atom is 0.338 e. The number of hydrogen-bond donors (Lipinski definition) is 1. The summed E-state index contributed by atoms with van der Waals surface area (Å²) in [5.74, 6) is -1.14. The summed E-state index contributed by atoms with van der Waals surface area (Å²) in [6.45, 7) is -0.458. The molecule has 0 radical (unpaired) electrons. The van der Waals surface area contributed by atoms with E-state index in [9.17, 15) is 19.7 Å². The van der Waals surface area contributed by atoms with E-state index in [1.807, 2.05) is 6.07 Å². The largest absolute Gasteiger partial charge is 0.452 e. The van der Waals surface area contributed by atoms with Crippen LogP contribution in [0.1, 0.15) is 10.4 Å². The average Bonchev–Trinajstić information content (AvgIpc) is 3.00. The number of nitro benzene ring substituents is 1. The number of anilines is 1. The summed E-state index contributed by atoms with van der Waals surface area (Å²) in [6, 6.07) is 11.1. The van der Waals surface area contributed by atoms with Crippen LogP contribution in [0, 0.1) is 13.7 Å². The van der Waals surface area contributed by atoms with Crippen LogP contribution in [0.25, 0.3) is 10.2 Å². The first-order chi connectivity index (χ1) is 12.4. The molecule has 0 saturated carbocycles. The van der Waals surface area contributed by atoms with E-state index in [2.05, 4.69) is 32.9 Å². The monoisotopic (exact) mass is 483 g/mol. The van der Waals surface area contributed by atoms with E-state index >= 15 is 0 Å². The van der Waals surface area contributed by atoms with Crippen molar-refractivity contribution in [3.05, 3.63) is 61.7 Å². The lowest BCUT2D eigenvalue weighted by Crippen LogP contribution is -2.20. The standard InChI is InChI=1S/C16H10IN3O5S/c17-10-3-1-2-9(6-10)15(22)25-8-14(21)19-16-18-12-5-4-11(20(23)24)7-13(12)26-16/h1-7H,8H2,(H,18,19,21). The first-order valence-corrected chi connectivity index (χ1v) is 9.09. The average molecular weight is 483 g/mol. The van der Waals surface area contributed by atoms with E-state index in [0.717, 1.165) is 14.9 Å². The highest BCUT2D eigenvalue weighted by Gasteiger charge is 2.14. The molecular formula is C16H10IN3O5S. The van der Waals surface area contributed by atoms with Gasteiger partial charge in [0.15, 0.2) is 11.7 Å². The first kappa shape index (κ1) is 18.2. The Hall–Kier alpha value is -2.60. The third-order valence-corrected chi connectivity index (χ3v) is 4.83. The van der Waals surface area contributed by atoms with Gasteiger partial charge in [-0.3, -0.25) is 20.2 Å². The Labute approximate surface area is 164 Å². The molecule has 1 heterocycles. The molecule has 0 spiro atoms. The second kappa shape index (κ2) is 7.74. The second-order valence-corrected chi connectivity index (χ2v) is 7.34. The molecule has 1 aromatic heterocycles. The van der Waals surface area contributed by atoms with Crippen LogP contribution in [0.4, 0.5) is 10.8 Å². The van der Waals surface area contributed by atoms with E-state index in [1.54, 1.807) is 18.2 Å². The minimum absolute atomic E-state index is 0.0505. The highest BCUT2D eigenvalue weighted by Crippen LogP contribution is 2.29. The van der Waals surface area contributed by atoms with Crippen LogP contribution in [0.5, 0.6) is 0 Å². The molecule has 3 rings (SSSR count). The lowest BCUT2D eigenvalue weighted by molar-refractivity contribution is -0.384. The molecular weight excluding hydrogens is 473 g/mol. The number of fused-ring (bicyclic) bond motifs is 1. The molecule has 0 aliphatic rings. The quantitative estimate of drug-likeness (QED) is 0.257. The Morgan fingerprint density at radius 3 is 2.81 bits per heavy atom. The van der Waals surface area contributed by atoms with Gasteiger partial charge < -0.3 is 4.74 Å². The van der Waals surface area contributed by atoms with Gasteiger partial charge in [0, 0.05) is 15.7 Å². The van der Waals surface area contributed by atoms with Crippen molar-refractivity contribution < 1.29 is 19.2 Å². The van der Waals surface area contributed by atoms with E-state index in [-0.39, 0.29) is 10.8 Å². The van der Waals surface area contributed by atoms with E-state index in [4.69, 9.17) is 4.74 Å². The summed E-state index contributed by atoms with van der Waals surface area (Å²) in [7, 11) is 0. The molecule has 132 valence electrons. The molecule has 8 nitrogen and oxygen atoms in total. The topological polar surface area (TPSA) is 111 Å². The van der Waals surface area contributed by atoms with Crippen LogP contribution in [0.3, 0.4) is 0 Å². The zero-order chi connectivity index (χ0) is 18.7. The number of carbonyl (C=O) groups excluding carboxylic acids is 2. The number of thiazole rings is 1. The van der Waals surface area contributed by atoms with Gasteiger partial charge in [-0.15, -0.1) is 0 Å². The van der Waals surface area contributed by atoms with Crippen molar-refractivity contribution >= 4 is 66.8 Å². The number of non-ortho nitro benzene ring substituents is 1. The van der Waals surface area contributed by atoms with Gasteiger partial charge in [0.2, 0.25) is 0 Å². The Bertz CT molecular complexity index is 1020. The van der Waals surface area contributed by atoms with Crippen molar-refractivity contribution in [1.29, 1.82) is 0 Å². The van der Waals surface area contributed by atoms with Crippen molar-refractivity contribution in [2.24, 2.45) is 0 Å². The van der Waals surface area contributed by atoms with Gasteiger partial charge in [0.05, 0.1) is 20.7 Å². The van der Waals surface area contributed by atoms with Gasteiger partial charge in [-0.05, 0) is 46.9 Å². The number of nitrogens with zero attached hydrogens (tertiary/aromatic N) is 2. The Kier molecular flexibility index (Phi) is 5.42. The van der Waals surface area contributed by atoms with Gasteiger partial charge in [-0.2, -0.15) is 0 Å². The molecule has 3 aromatic rings. The lowest BCUT2D eigenvalue weighted by Gasteiger charge is -2.04. The lowest BCUT2D eigenvalue weighted by atomic mass is 10.2. The van der Waals surface area contributed by atoms with Gasteiger partial charge >= 0.3 is 5.97 Å². The summed E-state index contributed by atoms with van der Waals surface area (Å²) in [5.41, 5.74) is 0.842. The van der Waals surface area contributed by atoms with Crippen molar-refractivity contribution in [1.82, 2.24) is 4.98 Å². The molecule has 1 amide bonds. The SMILES string of the molecule is O=C(COC(=O)c1cccc(I)c1)Nc1nc2ccc([N+](=O)[O-])cc2s1. The van der Waals surface area contributed by atoms with Crippen LogP contribution in [-0.2, 0) is 9.53 Å². The fraction of sp³-hybridized carbons (Fsp3) is 0.0625. The van der Waals surface area contributed by atoms with Gasteiger partial charge in [-0.25, -0.2) is 9.78 Å². The van der Waals surface area contributed by atoms with Crippen molar-refractivity contribution in [3.63, 3.8) is 0 Å². The normalized spacial score (nSPS) is 10.5. The maximum atomic E-state index is 11.9. The molecule has 0 aliphatic heterocycles. The van der Waals surface area contributed by atoms with Gasteiger partial charge in [0.25, 0.3) is 11.6 Å². The zero-order valence-corrected chi connectivity index (χ0v) is 15.9. The van der Waals surface area contributed by atoms with Crippen LogP contribution in [0.2, 0.25) is 0 Å². The number of benzene rings is 2. The summed E-state index contributed by atoms with van der Waals surface area (Å²) in [5, 5.41) is 13.6. The predicted molar refractivity (Wildman–Crippen MR) is 104 cm³/mol. The number of rotatable bonds is 5. The second-order valence-electron chi connectivity index (χ2n) is 5.06. The number of carbonyl (C=O) groups is 2. The molecule has 2 aromatic carbocycles. The maximum absolute atomic E-state index is 11.9. The molecule has 1 N–H and O–H groups in total. The third kappa shape index (κ3) is 4.32. The third-order valence-electron chi connectivity index (χ3n) is 3.22. The highest BCUT2D eigenvalue weighted by molar-refractivity contribution is 14.1. The van der Waals surface area contributed by atoms with Crippen molar-refractivity contribution in [3.8, 4) is 0 Å². The molecule has 26 heavy (non-hydrogen) atoms. The van der Waals surface area contributed by atoms with Crippen molar-refractivity contribution in [2.75, 3.05) is 11.9 Å². The van der Waals surface area contributed by atoms with Crippen LogP contribution in [-0.4, -0.2) is 28.4 Å². The highest BCUT2D eigenvalue weighted by atomic mass is 127. The Morgan fingerprint density at radius 2 is 2.08 bits per heavy atom. The van der Waals surface area contributed by atoms with Crippen molar-refractivity contribution in [2.45, 2.75) is 0 Å². The van der Waals surface area contributed by atoms with Gasteiger partial charge in [-0.1, -0.05) is 17.4 Å². The number of amides is 1. The Balaban J connectivity index is 1.62. The smallest absolute Gasteiger partial charge is 0.338 e. The summed E-state index contributed by atoms with van der Waals surface area (Å²) >= 11 is 3.17. The number of hydrogen-bond acceptors (Lipinski definition) is 7. The molecule has 0 aliphatic carbocycles. The fourth-order valence-electron chi connectivity index (χ4n) is 2.07. The van der Waals surface area contributed by atoms with Crippen LogP contribution < -0.4 is 5.32 Å². The van der Waals surface area contributed by atoms with E-state index in [1.165, 1.54) is 18.2 Å². The zero-order valence-electron chi connectivity index (χ0n) is 13.0.